The highest BCUT2D eigenvalue weighted by Gasteiger charge is 2.54. The number of hydrogen-bond donors (Lipinski definition) is 4. The number of carboxylic acids is 1. The van der Waals surface area contributed by atoms with Crippen LogP contribution in [0.5, 0.6) is 0 Å². The second kappa shape index (κ2) is 7.65. The fraction of sp³-hybridized carbons (Fsp3) is 0.438. The van der Waals surface area contributed by atoms with E-state index in [4.69, 9.17) is 10.6 Å². The van der Waals surface area contributed by atoms with Gasteiger partial charge in [-0.1, -0.05) is 5.16 Å². The second-order valence-corrected chi connectivity index (χ2v) is 8.59. The van der Waals surface area contributed by atoms with Crippen LogP contribution >= 0.6 is 23.1 Å². The molecule has 0 radical (unpaired) electrons. The number of carbonyl (C=O) groups is 3. The molecule has 2 amide bonds. The molecular formula is C16H17N5O6S2. The first-order valence-corrected chi connectivity index (χ1v) is 10.6. The van der Waals surface area contributed by atoms with Gasteiger partial charge in [-0.3, -0.25) is 14.5 Å². The summed E-state index contributed by atoms with van der Waals surface area (Å²) >= 11 is 2.40. The number of aliphatic hydroxyl groups excluding tert-OH is 1. The fourth-order valence-electron chi connectivity index (χ4n) is 2.92. The quantitative estimate of drug-likeness (QED) is 0.245. The summed E-state index contributed by atoms with van der Waals surface area (Å²) in [6.07, 6.45) is 1.66. The molecule has 3 heterocycles. The van der Waals surface area contributed by atoms with E-state index in [9.17, 15) is 24.6 Å². The smallest absolute Gasteiger partial charge is 0.352 e. The lowest BCUT2D eigenvalue weighted by Gasteiger charge is -2.49. The van der Waals surface area contributed by atoms with Crippen molar-refractivity contribution in [2.45, 2.75) is 30.4 Å². The van der Waals surface area contributed by atoms with Gasteiger partial charge in [0.1, 0.15) is 28.9 Å². The summed E-state index contributed by atoms with van der Waals surface area (Å²) in [6.45, 7) is -0.456. The minimum Gasteiger partial charge on any atom is -0.477 e. The molecule has 0 aromatic carbocycles. The van der Waals surface area contributed by atoms with Crippen molar-refractivity contribution >= 4 is 51.7 Å². The van der Waals surface area contributed by atoms with E-state index in [2.05, 4.69) is 15.5 Å². The van der Waals surface area contributed by atoms with Crippen LogP contribution in [0.2, 0.25) is 0 Å². The third-order valence-electron chi connectivity index (χ3n) is 4.52. The lowest BCUT2D eigenvalue weighted by atomic mass is 10.0. The van der Waals surface area contributed by atoms with Crippen molar-refractivity contribution in [1.82, 2.24) is 15.2 Å². The molecule has 0 unspecified atom stereocenters. The maximum atomic E-state index is 12.8. The Balaban J connectivity index is 1.52. The number of aromatic nitrogens is 1. The molecule has 1 saturated carbocycles. The number of anilines is 1. The van der Waals surface area contributed by atoms with Crippen LogP contribution in [-0.2, 0) is 19.2 Å². The average Bonchev–Trinajstić information content (AvgIpc) is 3.43. The van der Waals surface area contributed by atoms with Gasteiger partial charge in [0, 0.05) is 11.1 Å². The highest BCUT2D eigenvalue weighted by molar-refractivity contribution is 8.00. The molecule has 2 fully saturated rings. The molecule has 4 rings (SSSR count). The van der Waals surface area contributed by atoms with E-state index in [0.29, 0.717) is 0 Å². The summed E-state index contributed by atoms with van der Waals surface area (Å²) in [7, 11) is 0. The molecule has 1 aliphatic carbocycles. The fourth-order valence-corrected chi connectivity index (χ4v) is 4.80. The number of rotatable bonds is 7. The predicted molar refractivity (Wildman–Crippen MR) is 104 cm³/mol. The molecule has 1 aromatic rings. The highest BCUT2D eigenvalue weighted by atomic mass is 32.2. The number of thiazole rings is 1. The largest absolute Gasteiger partial charge is 0.477 e. The zero-order valence-corrected chi connectivity index (χ0v) is 16.5. The Morgan fingerprint density at radius 2 is 2.21 bits per heavy atom. The number of β-lactam (4-membered cyclic amide) rings is 1. The lowest BCUT2D eigenvalue weighted by molar-refractivity contribution is -0.150. The number of carbonyl (C=O) groups excluding carboxylic acids is 2. The lowest BCUT2D eigenvalue weighted by Crippen LogP contribution is -2.71. The number of aliphatic carboxylic acids is 1. The van der Waals surface area contributed by atoms with Crippen molar-refractivity contribution in [1.29, 1.82) is 0 Å². The third-order valence-corrected chi connectivity index (χ3v) is 6.54. The number of nitrogens with one attached hydrogen (secondary N) is 1. The van der Waals surface area contributed by atoms with E-state index < -0.39 is 35.8 Å². The van der Waals surface area contributed by atoms with Crippen molar-refractivity contribution in [2.75, 3.05) is 18.1 Å². The SMILES string of the molecule is Nc1nc(/C(=N\OC2CC2)C(=O)N[C@@H]2C(=O)N3C(C(=O)O)=C(CO)CS[C@H]23)cs1. The van der Waals surface area contributed by atoms with Gasteiger partial charge in [0.25, 0.3) is 11.8 Å². The normalized spacial score (nSPS) is 24.1. The number of hydrogen-bond acceptors (Lipinski definition) is 10. The van der Waals surface area contributed by atoms with E-state index in [-0.39, 0.29) is 39.7 Å². The zero-order chi connectivity index (χ0) is 20.7. The van der Waals surface area contributed by atoms with Crippen LogP contribution in [0.15, 0.2) is 21.8 Å². The van der Waals surface area contributed by atoms with Crippen LogP contribution in [0.1, 0.15) is 18.5 Å². The summed E-state index contributed by atoms with van der Waals surface area (Å²) in [4.78, 5) is 47.3. The summed E-state index contributed by atoms with van der Waals surface area (Å²) in [5.41, 5.74) is 5.81. The van der Waals surface area contributed by atoms with Crippen LogP contribution < -0.4 is 11.1 Å². The molecular weight excluding hydrogens is 422 g/mol. The Bertz CT molecular complexity index is 940. The van der Waals surface area contributed by atoms with Gasteiger partial charge in [-0.15, -0.1) is 23.1 Å². The molecule has 3 aliphatic rings. The Hall–Kier alpha value is -2.64. The van der Waals surface area contributed by atoms with Gasteiger partial charge in [-0.2, -0.15) is 0 Å². The second-order valence-electron chi connectivity index (χ2n) is 6.59. The molecule has 0 spiro atoms. The number of thioether (sulfide) groups is 1. The molecule has 0 bridgehead atoms. The molecule has 1 saturated heterocycles. The molecule has 13 heteroatoms. The number of nitrogens with two attached hydrogens (primary N) is 1. The van der Waals surface area contributed by atoms with E-state index in [1.807, 2.05) is 0 Å². The van der Waals surface area contributed by atoms with Gasteiger partial charge in [-0.05, 0) is 18.4 Å². The molecule has 11 nitrogen and oxygen atoms in total. The van der Waals surface area contributed by atoms with Crippen LogP contribution in [-0.4, -0.2) is 73.5 Å². The third kappa shape index (κ3) is 3.68. The van der Waals surface area contributed by atoms with Crippen molar-refractivity contribution in [3.05, 3.63) is 22.3 Å². The Morgan fingerprint density at radius 3 is 2.79 bits per heavy atom. The molecule has 5 N–H and O–H groups in total. The molecule has 1 aromatic heterocycles. The van der Waals surface area contributed by atoms with Crippen molar-refractivity contribution in [3.63, 3.8) is 0 Å². The van der Waals surface area contributed by atoms with Crippen LogP contribution in [0.25, 0.3) is 0 Å². The van der Waals surface area contributed by atoms with Gasteiger partial charge >= 0.3 is 5.97 Å². The van der Waals surface area contributed by atoms with Gasteiger partial charge in [0.05, 0.1) is 6.61 Å². The van der Waals surface area contributed by atoms with E-state index >= 15 is 0 Å². The first-order chi connectivity index (χ1) is 13.9. The van der Waals surface area contributed by atoms with E-state index in [0.717, 1.165) is 29.1 Å². The highest BCUT2D eigenvalue weighted by Crippen LogP contribution is 2.40. The summed E-state index contributed by atoms with van der Waals surface area (Å²) < 4.78 is 0. The minimum absolute atomic E-state index is 0.0383. The average molecular weight is 439 g/mol. The summed E-state index contributed by atoms with van der Waals surface area (Å²) in [5, 5.41) is 26.5. The van der Waals surface area contributed by atoms with Gasteiger partial charge < -0.3 is 26.1 Å². The first kappa shape index (κ1) is 19.7. The zero-order valence-electron chi connectivity index (χ0n) is 14.9. The predicted octanol–water partition coefficient (Wildman–Crippen LogP) is -0.661. The minimum atomic E-state index is -1.30. The maximum absolute atomic E-state index is 12.8. The van der Waals surface area contributed by atoms with Crippen LogP contribution in [0.3, 0.4) is 0 Å². The van der Waals surface area contributed by atoms with Gasteiger partial charge in [0.15, 0.2) is 10.8 Å². The molecule has 29 heavy (non-hydrogen) atoms. The van der Waals surface area contributed by atoms with E-state index in [1.54, 1.807) is 5.38 Å². The number of carboxylic acid groups (broad SMARTS) is 1. The number of oxime groups is 1. The van der Waals surface area contributed by atoms with Crippen molar-refractivity contribution in [3.8, 4) is 0 Å². The van der Waals surface area contributed by atoms with Crippen LogP contribution in [0.4, 0.5) is 5.13 Å². The van der Waals surface area contributed by atoms with Crippen molar-refractivity contribution in [2.24, 2.45) is 5.16 Å². The van der Waals surface area contributed by atoms with E-state index in [1.165, 1.54) is 11.8 Å². The molecule has 2 atom stereocenters. The Labute approximate surface area is 172 Å². The molecule has 2 aliphatic heterocycles. The summed E-state index contributed by atoms with van der Waals surface area (Å²) in [5.74, 6) is -2.29. The topological polar surface area (TPSA) is 167 Å². The van der Waals surface area contributed by atoms with Gasteiger partial charge in [-0.25, -0.2) is 9.78 Å². The van der Waals surface area contributed by atoms with Crippen LogP contribution in [0, 0.1) is 0 Å². The maximum Gasteiger partial charge on any atom is 0.352 e. The number of nitrogen functional groups attached to an aromatic ring is 1. The van der Waals surface area contributed by atoms with Crippen molar-refractivity contribution < 1.29 is 29.4 Å². The Kier molecular flexibility index (Phi) is 5.19. The molecule has 154 valence electrons. The standard InChI is InChI=1S/C16H17N5O6S2/c17-16-18-8(5-29-16)9(20-27-7-1-2-7)12(23)19-10-13(24)21-11(15(25)26)6(3-22)4-28-14(10)21/h5,7,10,14,22H,1-4H2,(H2,17,18)(H,19,23)(H,25,26)/b20-9+/t10-,14-/m1/s1. The number of amides is 2. The number of fused-ring (bicyclic) bond motifs is 1. The Morgan fingerprint density at radius 1 is 1.45 bits per heavy atom. The number of aliphatic hydroxyl groups is 1. The van der Waals surface area contributed by atoms with Gasteiger partial charge in [0.2, 0.25) is 0 Å². The first-order valence-electron chi connectivity index (χ1n) is 8.67. The number of nitrogens with zero attached hydrogens (tertiary/aromatic N) is 3. The summed E-state index contributed by atoms with van der Waals surface area (Å²) in [6, 6.07) is -0.927. The monoisotopic (exact) mass is 439 g/mol.